The quantitative estimate of drug-likeness (QED) is 0.865. The van der Waals surface area contributed by atoms with Gasteiger partial charge in [-0.2, -0.15) is 0 Å². The third-order valence-corrected chi connectivity index (χ3v) is 2.74. The monoisotopic (exact) mass is 258 g/mol. The first-order valence-electron chi connectivity index (χ1n) is 6.12. The van der Waals surface area contributed by atoms with Crippen LogP contribution in [0.25, 0.3) is 0 Å². The molecular formula is C15H18N2O2. The van der Waals surface area contributed by atoms with Crippen molar-refractivity contribution in [3.8, 4) is 5.88 Å². The van der Waals surface area contributed by atoms with Gasteiger partial charge in [0.2, 0.25) is 5.88 Å². The Kier molecular flexibility index (Phi) is 4.75. The molecule has 0 spiro atoms. The lowest BCUT2D eigenvalue weighted by Gasteiger charge is -2.08. The fourth-order valence-corrected chi connectivity index (χ4v) is 1.81. The lowest BCUT2D eigenvalue weighted by atomic mass is 10.1. The van der Waals surface area contributed by atoms with Crippen LogP contribution in [0.15, 0.2) is 42.6 Å². The Morgan fingerprint density at radius 1 is 1.11 bits per heavy atom. The molecule has 1 aromatic carbocycles. The van der Waals surface area contributed by atoms with Crippen molar-refractivity contribution < 1.29 is 9.47 Å². The Hall–Kier alpha value is -2.07. The number of methoxy groups -OCH3 is 2. The van der Waals surface area contributed by atoms with Gasteiger partial charge in [-0.05, 0) is 17.2 Å². The van der Waals surface area contributed by atoms with Crippen molar-refractivity contribution in [2.45, 2.75) is 13.2 Å². The highest BCUT2D eigenvalue weighted by Gasteiger charge is 1.98. The van der Waals surface area contributed by atoms with E-state index in [1.165, 1.54) is 11.1 Å². The second kappa shape index (κ2) is 6.75. The summed E-state index contributed by atoms with van der Waals surface area (Å²) >= 11 is 0. The van der Waals surface area contributed by atoms with Crippen LogP contribution in [0.2, 0.25) is 0 Å². The van der Waals surface area contributed by atoms with E-state index in [0.717, 1.165) is 12.2 Å². The fourth-order valence-electron chi connectivity index (χ4n) is 1.81. The van der Waals surface area contributed by atoms with E-state index >= 15 is 0 Å². The molecule has 0 unspecified atom stereocenters. The second-order valence-electron chi connectivity index (χ2n) is 4.20. The van der Waals surface area contributed by atoms with Crippen molar-refractivity contribution in [3.63, 3.8) is 0 Å². The number of anilines is 1. The molecule has 1 aromatic heterocycles. The zero-order valence-corrected chi connectivity index (χ0v) is 11.2. The maximum absolute atomic E-state index is 5.13. The SMILES string of the molecule is COCc1cccc(CNc2ccc(OC)nc2)c1. The number of pyridine rings is 1. The molecule has 4 nitrogen and oxygen atoms in total. The van der Waals surface area contributed by atoms with Gasteiger partial charge in [0.05, 0.1) is 25.6 Å². The minimum atomic E-state index is 0.618. The first-order chi connectivity index (χ1) is 9.31. The van der Waals surface area contributed by atoms with Gasteiger partial charge in [-0.25, -0.2) is 4.98 Å². The normalized spacial score (nSPS) is 10.2. The maximum Gasteiger partial charge on any atom is 0.213 e. The van der Waals surface area contributed by atoms with Gasteiger partial charge in [0.1, 0.15) is 0 Å². The van der Waals surface area contributed by atoms with Gasteiger partial charge in [0.15, 0.2) is 0 Å². The first kappa shape index (κ1) is 13.4. The van der Waals surface area contributed by atoms with Crippen LogP contribution in [0.5, 0.6) is 5.88 Å². The topological polar surface area (TPSA) is 43.4 Å². The summed E-state index contributed by atoms with van der Waals surface area (Å²) in [6, 6.07) is 12.1. The molecule has 0 radical (unpaired) electrons. The Labute approximate surface area is 113 Å². The number of nitrogens with zero attached hydrogens (tertiary/aromatic N) is 1. The largest absolute Gasteiger partial charge is 0.481 e. The molecule has 0 aliphatic rings. The minimum absolute atomic E-state index is 0.618. The molecule has 4 heteroatoms. The van der Waals surface area contributed by atoms with Crippen LogP contribution in [0.3, 0.4) is 0 Å². The zero-order chi connectivity index (χ0) is 13.5. The molecule has 0 atom stereocenters. The minimum Gasteiger partial charge on any atom is -0.481 e. The standard InChI is InChI=1S/C15H18N2O2/c1-18-11-13-5-3-4-12(8-13)9-16-14-6-7-15(19-2)17-10-14/h3-8,10,16H,9,11H2,1-2H3. The van der Waals surface area contributed by atoms with Gasteiger partial charge < -0.3 is 14.8 Å². The molecule has 100 valence electrons. The highest BCUT2D eigenvalue weighted by molar-refractivity contribution is 5.42. The highest BCUT2D eigenvalue weighted by atomic mass is 16.5. The number of hydrogen-bond acceptors (Lipinski definition) is 4. The summed E-state index contributed by atoms with van der Waals surface area (Å²) in [7, 11) is 3.31. The fraction of sp³-hybridized carbons (Fsp3) is 0.267. The van der Waals surface area contributed by atoms with E-state index in [9.17, 15) is 0 Å². The Balaban J connectivity index is 1.95. The van der Waals surface area contributed by atoms with Crippen molar-refractivity contribution in [1.29, 1.82) is 0 Å². The summed E-state index contributed by atoms with van der Waals surface area (Å²) in [5, 5.41) is 3.32. The molecule has 0 aliphatic heterocycles. The van der Waals surface area contributed by atoms with Crippen molar-refractivity contribution in [2.24, 2.45) is 0 Å². The molecule has 19 heavy (non-hydrogen) atoms. The lowest BCUT2D eigenvalue weighted by Crippen LogP contribution is -2.01. The maximum atomic E-state index is 5.13. The highest BCUT2D eigenvalue weighted by Crippen LogP contribution is 2.13. The number of aromatic nitrogens is 1. The van der Waals surface area contributed by atoms with Crippen molar-refractivity contribution in [3.05, 3.63) is 53.7 Å². The third kappa shape index (κ3) is 3.96. The summed E-state index contributed by atoms with van der Waals surface area (Å²) in [6.07, 6.45) is 1.76. The molecule has 0 fully saturated rings. The van der Waals surface area contributed by atoms with Gasteiger partial charge in [0.25, 0.3) is 0 Å². The van der Waals surface area contributed by atoms with Gasteiger partial charge in [-0.1, -0.05) is 24.3 Å². The molecule has 0 bridgehead atoms. The van der Waals surface area contributed by atoms with E-state index in [4.69, 9.17) is 9.47 Å². The predicted molar refractivity (Wildman–Crippen MR) is 75.3 cm³/mol. The van der Waals surface area contributed by atoms with Crippen molar-refractivity contribution >= 4 is 5.69 Å². The average Bonchev–Trinajstić information content (AvgIpc) is 2.46. The Morgan fingerprint density at radius 3 is 2.63 bits per heavy atom. The summed E-state index contributed by atoms with van der Waals surface area (Å²) < 4.78 is 10.1. The van der Waals surface area contributed by atoms with Crippen LogP contribution in [0.4, 0.5) is 5.69 Å². The van der Waals surface area contributed by atoms with Crippen LogP contribution in [0.1, 0.15) is 11.1 Å². The van der Waals surface area contributed by atoms with Gasteiger partial charge in [-0.3, -0.25) is 0 Å². The van der Waals surface area contributed by atoms with Gasteiger partial charge in [-0.15, -0.1) is 0 Å². The smallest absolute Gasteiger partial charge is 0.213 e. The number of benzene rings is 1. The Morgan fingerprint density at radius 2 is 1.95 bits per heavy atom. The third-order valence-electron chi connectivity index (χ3n) is 2.74. The molecule has 2 rings (SSSR count). The summed E-state index contributed by atoms with van der Waals surface area (Å²) in [5.74, 6) is 0.618. The van der Waals surface area contributed by atoms with Crippen LogP contribution >= 0.6 is 0 Å². The zero-order valence-electron chi connectivity index (χ0n) is 11.2. The van der Waals surface area contributed by atoms with Crippen LogP contribution in [0, 0.1) is 0 Å². The van der Waals surface area contributed by atoms with E-state index in [0.29, 0.717) is 12.5 Å². The molecular weight excluding hydrogens is 240 g/mol. The van der Waals surface area contributed by atoms with Crippen LogP contribution < -0.4 is 10.1 Å². The van der Waals surface area contributed by atoms with E-state index in [2.05, 4.69) is 28.5 Å². The van der Waals surface area contributed by atoms with Crippen molar-refractivity contribution in [1.82, 2.24) is 4.98 Å². The number of nitrogens with one attached hydrogen (secondary N) is 1. The number of ether oxygens (including phenoxy) is 2. The number of hydrogen-bond donors (Lipinski definition) is 1. The molecule has 0 saturated heterocycles. The first-order valence-corrected chi connectivity index (χ1v) is 6.12. The molecule has 1 N–H and O–H groups in total. The summed E-state index contributed by atoms with van der Waals surface area (Å²) in [4.78, 5) is 4.15. The van der Waals surface area contributed by atoms with Crippen molar-refractivity contribution in [2.75, 3.05) is 19.5 Å². The summed E-state index contributed by atoms with van der Waals surface area (Å²) in [6.45, 7) is 1.39. The van der Waals surface area contributed by atoms with E-state index in [-0.39, 0.29) is 0 Å². The Bertz CT molecular complexity index is 512. The van der Waals surface area contributed by atoms with E-state index in [1.54, 1.807) is 20.4 Å². The molecule has 1 heterocycles. The van der Waals surface area contributed by atoms with Gasteiger partial charge >= 0.3 is 0 Å². The van der Waals surface area contributed by atoms with Gasteiger partial charge in [0, 0.05) is 19.7 Å². The second-order valence-corrected chi connectivity index (χ2v) is 4.20. The average molecular weight is 258 g/mol. The predicted octanol–water partition coefficient (Wildman–Crippen LogP) is 2.85. The van der Waals surface area contributed by atoms with Crippen LogP contribution in [-0.2, 0) is 17.9 Å². The van der Waals surface area contributed by atoms with E-state index < -0.39 is 0 Å². The molecule has 2 aromatic rings. The summed E-state index contributed by atoms with van der Waals surface area (Å²) in [5.41, 5.74) is 3.36. The lowest BCUT2D eigenvalue weighted by molar-refractivity contribution is 0.185. The number of rotatable bonds is 6. The molecule has 0 aliphatic carbocycles. The molecule has 0 amide bonds. The molecule has 0 saturated carbocycles. The van der Waals surface area contributed by atoms with E-state index in [1.807, 2.05) is 18.2 Å². The van der Waals surface area contributed by atoms with Crippen LogP contribution in [-0.4, -0.2) is 19.2 Å².